The number of carbonyl (C=O) groups excluding carboxylic acids is 1. The van der Waals surface area contributed by atoms with Crippen molar-refractivity contribution in [3.8, 4) is 0 Å². The number of Topliss-reactive ketones (excluding diaryl/α,β-unsaturated/α-hetero) is 1. The summed E-state index contributed by atoms with van der Waals surface area (Å²) in [6, 6.07) is 0. The molecule has 5 atom stereocenters. The lowest BCUT2D eigenvalue weighted by atomic mass is 9.68. The van der Waals surface area contributed by atoms with Gasteiger partial charge in [-0.05, 0) is 36.5 Å². The first kappa shape index (κ1) is 11.2. The summed E-state index contributed by atoms with van der Waals surface area (Å²) in [5.41, 5.74) is 0.121. The van der Waals surface area contributed by atoms with Gasteiger partial charge in [-0.15, -0.1) is 0 Å². The van der Waals surface area contributed by atoms with Crippen LogP contribution in [0.4, 0.5) is 0 Å². The third-order valence-corrected chi connectivity index (χ3v) is 6.13. The van der Waals surface area contributed by atoms with Crippen molar-refractivity contribution in [2.75, 3.05) is 6.61 Å². The first-order chi connectivity index (χ1) is 8.38. The minimum atomic E-state index is -0.465. The molecule has 4 aliphatic rings. The maximum Gasteiger partial charge on any atom is 0.190 e. The Morgan fingerprint density at radius 3 is 2.78 bits per heavy atom. The summed E-state index contributed by atoms with van der Waals surface area (Å²) in [4.78, 5) is 12.1. The maximum absolute atomic E-state index is 12.1. The van der Waals surface area contributed by atoms with E-state index >= 15 is 0 Å². The van der Waals surface area contributed by atoms with Gasteiger partial charge in [-0.3, -0.25) is 4.79 Å². The second kappa shape index (κ2) is 2.75. The summed E-state index contributed by atoms with van der Waals surface area (Å²) in [5, 5.41) is 10.0. The first-order valence-electron chi connectivity index (χ1n) is 6.90. The molecule has 1 aliphatic heterocycles. The molecule has 0 radical (unpaired) electrons. The molecule has 1 heterocycles. The molecule has 1 saturated heterocycles. The Kier molecular flexibility index (Phi) is 1.71. The third kappa shape index (κ3) is 0.894. The fourth-order valence-corrected chi connectivity index (χ4v) is 5.51. The molecule has 3 saturated carbocycles. The van der Waals surface area contributed by atoms with Crippen molar-refractivity contribution in [3.05, 3.63) is 12.2 Å². The second-order valence-electron chi connectivity index (χ2n) is 7.50. The van der Waals surface area contributed by atoms with Crippen LogP contribution in [0.15, 0.2) is 12.2 Å². The quantitative estimate of drug-likeness (QED) is 0.567. The zero-order valence-corrected chi connectivity index (χ0v) is 11.0. The summed E-state index contributed by atoms with van der Waals surface area (Å²) in [6.45, 7) is 8.61. The van der Waals surface area contributed by atoms with Crippen LogP contribution in [0.3, 0.4) is 0 Å². The van der Waals surface area contributed by atoms with E-state index in [-0.39, 0.29) is 24.1 Å². The summed E-state index contributed by atoms with van der Waals surface area (Å²) >= 11 is 0. The molecule has 0 amide bonds. The minimum Gasteiger partial charge on any atom is -0.395 e. The van der Waals surface area contributed by atoms with E-state index in [0.29, 0.717) is 22.8 Å². The van der Waals surface area contributed by atoms with Crippen LogP contribution in [-0.2, 0) is 9.53 Å². The van der Waals surface area contributed by atoms with Crippen molar-refractivity contribution in [1.82, 2.24) is 0 Å². The van der Waals surface area contributed by atoms with Gasteiger partial charge < -0.3 is 9.84 Å². The molecule has 3 nitrogen and oxygen atoms in total. The number of ketones is 1. The molecular weight excluding hydrogens is 228 g/mol. The maximum atomic E-state index is 12.1. The fourth-order valence-electron chi connectivity index (χ4n) is 5.51. The molecule has 4 rings (SSSR count). The average Bonchev–Trinajstić information content (AvgIpc) is 2.79. The predicted octanol–water partition coefficient (Wildman–Crippen LogP) is 1.70. The number of fused-ring (bicyclic) bond motifs is 2. The number of epoxide rings is 1. The fraction of sp³-hybridized carbons (Fsp3) is 0.800. The van der Waals surface area contributed by atoms with E-state index in [0.717, 1.165) is 12.8 Å². The summed E-state index contributed by atoms with van der Waals surface area (Å²) < 4.78 is 5.78. The minimum absolute atomic E-state index is 0.0192. The number of hydrogen-bond donors (Lipinski definition) is 1. The van der Waals surface area contributed by atoms with Gasteiger partial charge in [0, 0.05) is 5.57 Å². The van der Waals surface area contributed by atoms with Crippen molar-refractivity contribution in [1.29, 1.82) is 0 Å². The lowest BCUT2D eigenvalue weighted by molar-refractivity contribution is -0.118. The molecule has 3 aliphatic carbocycles. The van der Waals surface area contributed by atoms with E-state index in [1.807, 2.05) is 0 Å². The van der Waals surface area contributed by atoms with Gasteiger partial charge in [0.05, 0.1) is 12.0 Å². The van der Waals surface area contributed by atoms with E-state index in [1.165, 1.54) is 6.42 Å². The average molecular weight is 248 g/mol. The molecule has 4 fully saturated rings. The highest BCUT2D eigenvalue weighted by atomic mass is 16.6. The SMILES string of the molecule is C=C1C(=O)[C@H]2O[C@]23C[C@H]2CC(C)(C)C[C@H]2[C@]13CO. The molecule has 0 bridgehead atoms. The standard InChI is InChI=1S/C15H20O3/c1-8-11(17)12-15(18-12)5-9-4-13(2,3)6-10(9)14(8,15)7-16/h9-10,12,16H,1,4-7H2,2-3H3/t9-,10-,12-,14+,15-/m1/s1. The first-order valence-corrected chi connectivity index (χ1v) is 6.90. The smallest absolute Gasteiger partial charge is 0.190 e. The third-order valence-electron chi connectivity index (χ3n) is 6.13. The molecule has 0 aromatic rings. The van der Waals surface area contributed by atoms with E-state index < -0.39 is 5.41 Å². The van der Waals surface area contributed by atoms with Crippen molar-refractivity contribution in [2.24, 2.45) is 22.7 Å². The molecule has 1 spiro atoms. The van der Waals surface area contributed by atoms with Crippen molar-refractivity contribution in [3.63, 3.8) is 0 Å². The van der Waals surface area contributed by atoms with Gasteiger partial charge in [0.1, 0.15) is 5.60 Å². The Hall–Kier alpha value is -0.670. The van der Waals surface area contributed by atoms with E-state index in [2.05, 4.69) is 20.4 Å². The Morgan fingerprint density at radius 2 is 2.11 bits per heavy atom. The van der Waals surface area contributed by atoms with Crippen LogP contribution in [-0.4, -0.2) is 29.2 Å². The number of ether oxygens (including phenoxy) is 1. The molecule has 98 valence electrons. The number of carbonyl (C=O) groups is 1. The molecule has 1 N–H and O–H groups in total. The predicted molar refractivity (Wildman–Crippen MR) is 65.9 cm³/mol. The Balaban J connectivity index is 1.84. The van der Waals surface area contributed by atoms with Gasteiger partial charge in [-0.2, -0.15) is 0 Å². The summed E-state index contributed by atoms with van der Waals surface area (Å²) in [5.74, 6) is 1.01. The Bertz CT molecular complexity index is 480. The van der Waals surface area contributed by atoms with Gasteiger partial charge in [0.25, 0.3) is 0 Å². The molecule has 0 aromatic carbocycles. The lowest BCUT2D eigenvalue weighted by Gasteiger charge is -2.36. The highest BCUT2D eigenvalue weighted by Gasteiger charge is 2.85. The van der Waals surface area contributed by atoms with Crippen LogP contribution < -0.4 is 0 Å². The highest BCUT2D eigenvalue weighted by molar-refractivity contribution is 6.07. The number of rotatable bonds is 1. The number of hydrogen-bond acceptors (Lipinski definition) is 3. The molecule has 18 heavy (non-hydrogen) atoms. The summed E-state index contributed by atoms with van der Waals surface area (Å²) in [6.07, 6.45) is 2.91. The normalized spacial score (nSPS) is 55.4. The zero-order chi connectivity index (χ0) is 12.9. The van der Waals surface area contributed by atoms with Crippen LogP contribution in [0.5, 0.6) is 0 Å². The van der Waals surface area contributed by atoms with Crippen molar-refractivity contribution < 1.29 is 14.6 Å². The molecular formula is C15H20O3. The lowest BCUT2D eigenvalue weighted by Crippen LogP contribution is -2.41. The van der Waals surface area contributed by atoms with Gasteiger partial charge >= 0.3 is 0 Å². The van der Waals surface area contributed by atoms with E-state index in [1.54, 1.807) is 0 Å². The summed E-state index contributed by atoms with van der Waals surface area (Å²) in [7, 11) is 0. The van der Waals surface area contributed by atoms with Crippen molar-refractivity contribution in [2.45, 2.75) is 44.8 Å². The van der Waals surface area contributed by atoms with Crippen LogP contribution in [0.25, 0.3) is 0 Å². The Labute approximate surface area is 107 Å². The van der Waals surface area contributed by atoms with E-state index in [4.69, 9.17) is 4.74 Å². The number of aliphatic hydroxyl groups is 1. The van der Waals surface area contributed by atoms with Gasteiger partial charge in [-0.1, -0.05) is 20.4 Å². The van der Waals surface area contributed by atoms with Crippen LogP contribution in [0.2, 0.25) is 0 Å². The number of aliphatic hydroxyl groups excluding tert-OH is 1. The zero-order valence-electron chi connectivity index (χ0n) is 11.0. The monoisotopic (exact) mass is 248 g/mol. The highest BCUT2D eigenvalue weighted by Crippen LogP contribution is 2.76. The van der Waals surface area contributed by atoms with Crippen LogP contribution in [0, 0.1) is 22.7 Å². The van der Waals surface area contributed by atoms with Crippen LogP contribution in [0.1, 0.15) is 33.1 Å². The van der Waals surface area contributed by atoms with E-state index in [9.17, 15) is 9.90 Å². The topological polar surface area (TPSA) is 49.8 Å². The van der Waals surface area contributed by atoms with Gasteiger partial charge in [-0.25, -0.2) is 0 Å². The second-order valence-corrected chi connectivity index (χ2v) is 7.50. The largest absolute Gasteiger partial charge is 0.395 e. The van der Waals surface area contributed by atoms with Gasteiger partial charge in [0.2, 0.25) is 0 Å². The molecule has 0 aromatic heterocycles. The molecule has 0 unspecified atom stereocenters. The molecule has 3 heteroatoms. The van der Waals surface area contributed by atoms with Gasteiger partial charge in [0.15, 0.2) is 11.9 Å². The van der Waals surface area contributed by atoms with Crippen LogP contribution >= 0.6 is 0 Å². The Morgan fingerprint density at radius 1 is 1.39 bits per heavy atom. The van der Waals surface area contributed by atoms with Crippen molar-refractivity contribution >= 4 is 5.78 Å².